The monoisotopic (exact) mass is 444 g/mol. The lowest BCUT2D eigenvalue weighted by atomic mass is 10.2. The first-order chi connectivity index (χ1) is 15.1. The summed E-state index contributed by atoms with van der Waals surface area (Å²) < 4.78 is 33.5. The molecule has 2 aromatic rings. The minimum absolute atomic E-state index is 0.371. The molecule has 1 fully saturated rings. The number of aliphatic imine (C=N–C) groups is 1. The summed E-state index contributed by atoms with van der Waals surface area (Å²) in [5, 5.41) is 6.47. The fraction of sp³-hybridized carbons (Fsp3) is 0.435. The zero-order valence-corrected chi connectivity index (χ0v) is 18.9. The number of nitrogens with one attached hydrogen (secondary N) is 2. The molecule has 1 heterocycles. The van der Waals surface area contributed by atoms with Crippen LogP contribution in [0.3, 0.4) is 0 Å². The Kier molecular flexibility index (Phi) is 8.73. The minimum Gasteiger partial charge on any atom is -0.494 e. The lowest BCUT2D eigenvalue weighted by Gasteiger charge is -2.27. The van der Waals surface area contributed by atoms with E-state index in [1.54, 1.807) is 23.5 Å². The number of sulfonamides is 1. The lowest BCUT2D eigenvalue weighted by molar-refractivity contribution is 0.311. The standard InChI is InChI=1S/C23H32N4O3S/c1-24-23(25-15-10-18-30-21-12-4-2-5-13-21)26-19-20-11-6-7-14-22(20)31(28,29)27-16-8-3-9-17-27/h2,4-7,11-14H,3,8-10,15-19H2,1H3,(H2,24,25,26). The Morgan fingerprint density at radius 3 is 2.45 bits per heavy atom. The van der Waals surface area contributed by atoms with Crippen LogP contribution in [0, 0.1) is 0 Å². The van der Waals surface area contributed by atoms with Crippen LogP contribution in [0.2, 0.25) is 0 Å². The molecule has 0 spiro atoms. The van der Waals surface area contributed by atoms with Crippen LogP contribution in [0.15, 0.2) is 64.5 Å². The number of para-hydroxylation sites is 1. The summed E-state index contributed by atoms with van der Waals surface area (Å²) in [6.07, 6.45) is 3.75. The molecule has 7 nitrogen and oxygen atoms in total. The molecule has 0 saturated carbocycles. The van der Waals surface area contributed by atoms with Crippen molar-refractivity contribution in [2.45, 2.75) is 37.1 Å². The van der Waals surface area contributed by atoms with E-state index in [2.05, 4.69) is 15.6 Å². The average molecular weight is 445 g/mol. The quantitative estimate of drug-likeness (QED) is 0.353. The van der Waals surface area contributed by atoms with Crippen LogP contribution in [0.5, 0.6) is 5.75 Å². The number of hydrogen-bond donors (Lipinski definition) is 2. The van der Waals surface area contributed by atoms with E-state index in [-0.39, 0.29) is 0 Å². The van der Waals surface area contributed by atoms with E-state index in [1.807, 2.05) is 42.5 Å². The second-order valence-corrected chi connectivity index (χ2v) is 9.35. The summed E-state index contributed by atoms with van der Waals surface area (Å²) in [6.45, 7) is 2.87. The first-order valence-corrected chi connectivity index (χ1v) is 12.3. The van der Waals surface area contributed by atoms with E-state index in [9.17, 15) is 8.42 Å². The van der Waals surface area contributed by atoms with E-state index in [4.69, 9.17) is 4.74 Å². The van der Waals surface area contributed by atoms with E-state index in [0.717, 1.165) is 37.0 Å². The van der Waals surface area contributed by atoms with Crippen LogP contribution in [-0.2, 0) is 16.6 Å². The predicted molar refractivity (Wildman–Crippen MR) is 124 cm³/mol. The van der Waals surface area contributed by atoms with Gasteiger partial charge in [-0.25, -0.2) is 8.42 Å². The molecular weight excluding hydrogens is 412 g/mol. The average Bonchev–Trinajstić information content (AvgIpc) is 2.82. The Morgan fingerprint density at radius 1 is 1.00 bits per heavy atom. The van der Waals surface area contributed by atoms with Crippen LogP contribution in [-0.4, -0.2) is 52.0 Å². The van der Waals surface area contributed by atoms with Crippen LogP contribution in [0.25, 0.3) is 0 Å². The first-order valence-electron chi connectivity index (χ1n) is 10.8. The lowest BCUT2D eigenvalue weighted by Crippen LogP contribution is -2.39. The molecule has 0 atom stereocenters. The Labute approximate surface area is 185 Å². The van der Waals surface area contributed by atoms with Crippen LogP contribution in [0.4, 0.5) is 0 Å². The van der Waals surface area contributed by atoms with Crippen molar-refractivity contribution in [2.24, 2.45) is 4.99 Å². The number of nitrogens with zero attached hydrogens (tertiary/aromatic N) is 2. The summed E-state index contributed by atoms with van der Waals surface area (Å²) in [7, 11) is -1.78. The minimum atomic E-state index is -3.48. The van der Waals surface area contributed by atoms with Crippen molar-refractivity contribution in [3.05, 3.63) is 60.2 Å². The molecule has 168 valence electrons. The zero-order chi connectivity index (χ0) is 21.9. The molecule has 1 aliphatic rings. The molecule has 0 radical (unpaired) electrons. The van der Waals surface area contributed by atoms with Crippen LogP contribution >= 0.6 is 0 Å². The number of benzene rings is 2. The summed E-state index contributed by atoms with van der Waals surface area (Å²) in [4.78, 5) is 4.61. The van der Waals surface area contributed by atoms with Crippen molar-refractivity contribution in [3.8, 4) is 5.75 Å². The fourth-order valence-electron chi connectivity index (χ4n) is 3.53. The largest absolute Gasteiger partial charge is 0.494 e. The normalized spacial score (nSPS) is 15.5. The van der Waals surface area contributed by atoms with Gasteiger partial charge >= 0.3 is 0 Å². The van der Waals surface area contributed by atoms with Gasteiger partial charge in [0.15, 0.2) is 5.96 Å². The highest BCUT2D eigenvalue weighted by molar-refractivity contribution is 7.89. The molecule has 1 saturated heterocycles. The summed E-state index contributed by atoms with van der Waals surface area (Å²) in [5.74, 6) is 1.49. The molecule has 8 heteroatoms. The number of guanidine groups is 1. The molecule has 3 rings (SSSR count). The molecule has 0 bridgehead atoms. The van der Waals surface area contributed by atoms with Gasteiger partial charge in [0.2, 0.25) is 10.0 Å². The SMILES string of the molecule is CN=C(NCCCOc1ccccc1)NCc1ccccc1S(=O)(=O)N1CCCCC1. The van der Waals surface area contributed by atoms with Crippen LogP contribution < -0.4 is 15.4 Å². The summed E-state index contributed by atoms with van der Waals surface area (Å²) in [5.41, 5.74) is 0.739. The second kappa shape index (κ2) is 11.7. The van der Waals surface area contributed by atoms with Gasteiger partial charge in [0, 0.05) is 33.2 Å². The number of ether oxygens (including phenoxy) is 1. The maximum atomic E-state index is 13.1. The van der Waals surface area contributed by atoms with E-state index in [1.165, 1.54) is 0 Å². The second-order valence-electron chi connectivity index (χ2n) is 7.44. The Hall–Kier alpha value is -2.58. The van der Waals surface area contributed by atoms with Crippen molar-refractivity contribution < 1.29 is 13.2 Å². The van der Waals surface area contributed by atoms with Crippen molar-refractivity contribution in [2.75, 3.05) is 33.3 Å². The molecule has 0 amide bonds. The molecule has 1 aliphatic heterocycles. The van der Waals surface area contributed by atoms with Gasteiger partial charge in [0.05, 0.1) is 11.5 Å². The highest BCUT2D eigenvalue weighted by Crippen LogP contribution is 2.23. The van der Waals surface area contributed by atoms with Gasteiger partial charge in [-0.15, -0.1) is 0 Å². The van der Waals surface area contributed by atoms with Gasteiger partial charge in [-0.3, -0.25) is 4.99 Å². The van der Waals surface area contributed by atoms with Crippen molar-refractivity contribution in [3.63, 3.8) is 0 Å². The maximum Gasteiger partial charge on any atom is 0.243 e. The maximum absolute atomic E-state index is 13.1. The van der Waals surface area contributed by atoms with Gasteiger partial charge in [-0.2, -0.15) is 4.31 Å². The molecule has 2 N–H and O–H groups in total. The van der Waals surface area contributed by atoms with Crippen molar-refractivity contribution in [1.82, 2.24) is 14.9 Å². The summed E-state index contributed by atoms with van der Waals surface area (Å²) in [6, 6.07) is 16.9. The Morgan fingerprint density at radius 2 is 1.71 bits per heavy atom. The number of rotatable bonds is 9. The topological polar surface area (TPSA) is 83.0 Å². The highest BCUT2D eigenvalue weighted by atomic mass is 32.2. The van der Waals surface area contributed by atoms with Gasteiger partial charge in [0.25, 0.3) is 0 Å². The van der Waals surface area contributed by atoms with Gasteiger partial charge in [-0.1, -0.05) is 42.8 Å². The van der Waals surface area contributed by atoms with Gasteiger partial charge in [0.1, 0.15) is 5.75 Å². The third kappa shape index (κ3) is 6.70. The molecular formula is C23H32N4O3S. The van der Waals surface area contributed by atoms with E-state index >= 15 is 0 Å². The third-order valence-electron chi connectivity index (χ3n) is 5.20. The predicted octanol–water partition coefficient (Wildman–Crippen LogP) is 3.00. The molecule has 2 aromatic carbocycles. The molecule has 0 aliphatic carbocycles. The van der Waals surface area contributed by atoms with Gasteiger partial charge < -0.3 is 15.4 Å². The molecule has 0 aromatic heterocycles. The van der Waals surface area contributed by atoms with Crippen molar-refractivity contribution >= 4 is 16.0 Å². The molecule has 31 heavy (non-hydrogen) atoms. The summed E-state index contributed by atoms with van der Waals surface area (Å²) >= 11 is 0. The Balaban J connectivity index is 1.50. The fourth-order valence-corrected chi connectivity index (χ4v) is 5.27. The van der Waals surface area contributed by atoms with Crippen LogP contribution in [0.1, 0.15) is 31.2 Å². The van der Waals surface area contributed by atoms with Gasteiger partial charge in [-0.05, 0) is 43.0 Å². The zero-order valence-electron chi connectivity index (χ0n) is 18.1. The first kappa shape index (κ1) is 23.1. The number of piperidine rings is 1. The van der Waals surface area contributed by atoms with E-state index in [0.29, 0.717) is 43.6 Å². The molecule has 0 unspecified atom stereocenters. The third-order valence-corrected chi connectivity index (χ3v) is 7.20. The van der Waals surface area contributed by atoms with E-state index < -0.39 is 10.0 Å². The number of hydrogen-bond acceptors (Lipinski definition) is 4. The highest BCUT2D eigenvalue weighted by Gasteiger charge is 2.27. The Bertz CT molecular complexity index is 942. The smallest absolute Gasteiger partial charge is 0.243 e. The van der Waals surface area contributed by atoms with Crippen molar-refractivity contribution in [1.29, 1.82) is 0 Å².